The number of halogens is 2. The van der Waals surface area contributed by atoms with Crippen molar-refractivity contribution in [3.8, 4) is 0 Å². The highest BCUT2D eigenvalue weighted by molar-refractivity contribution is 5.97. The van der Waals surface area contributed by atoms with Crippen LogP contribution < -0.4 is 0 Å². The van der Waals surface area contributed by atoms with Crippen molar-refractivity contribution in [2.45, 2.75) is 32.0 Å². The van der Waals surface area contributed by atoms with E-state index in [1.54, 1.807) is 9.80 Å². The van der Waals surface area contributed by atoms with E-state index in [0.29, 0.717) is 31.9 Å². The molecule has 5 rings (SSSR count). The van der Waals surface area contributed by atoms with E-state index >= 15 is 0 Å². The number of hydrogen-bond donors (Lipinski definition) is 1. The molecule has 4 aliphatic rings. The molecule has 0 radical (unpaired) electrons. The van der Waals surface area contributed by atoms with Crippen LogP contribution in [-0.2, 0) is 32.3 Å². The Bertz CT molecular complexity index is 900. The van der Waals surface area contributed by atoms with E-state index in [9.17, 15) is 18.4 Å². The first kappa shape index (κ1) is 22.6. The maximum Gasteiger partial charge on any atom is 0.290 e. The summed E-state index contributed by atoms with van der Waals surface area (Å²) in [6, 6.07) is 5.63. The lowest BCUT2D eigenvalue weighted by molar-refractivity contribution is -0.148. The third-order valence-corrected chi connectivity index (χ3v) is 6.88. The number of carboxylic acid groups (broad SMARTS) is 1. The van der Waals surface area contributed by atoms with Gasteiger partial charge in [-0.05, 0) is 17.2 Å². The van der Waals surface area contributed by atoms with E-state index in [0.717, 1.165) is 11.1 Å². The molecule has 0 spiro atoms. The Balaban J connectivity index is 0.000000775. The van der Waals surface area contributed by atoms with Crippen molar-refractivity contribution in [2.75, 3.05) is 39.4 Å². The molecule has 4 heterocycles. The van der Waals surface area contributed by atoms with Gasteiger partial charge in [0.2, 0.25) is 5.91 Å². The van der Waals surface area contributed by atoms with Crippen LogP contribution in [-0.4, -0.2) is 78.5 Å². The van der Waals surface area contributed by atoms with Crippen molar-refractivity contribution in [3.63, 3.8) is 0 Å². The number of rotatable bonds is 2. The van der Waals surface area contributed by atoms with Crippen LogP contribution in [0.25, 0.3) is 0 Å². The molecule has 8 nitrogen and oxygen atoms in total. The van der Waals surface area contributed by atoms with Gasteiger partial charge in [0, 0.05) is 50.5 Å². The Morgan fingerprint density at radius 1 is 1.12 bits per heavy atom. The van der Waals surface area contributed by atoms with E-state index in [4.69, 9.17) is 19.4 Å². The Morgan fingerprint density at radius 2 is 1.84 bits per heavy atom. The number of fused-ring (bicyclic) bond motifs is 2. The van der Waals surface area contributed by atoms with Crippen molar-refractivity contribution in [2.24, 2.45) is 11.3 Å². The zero-order chi connectivity index (χ0) is 22.9. The van der Waals surface area contributed by atoms with E-state index in [1.165, 1.54) is 0 Å². The van der Waals surface area contributed by atoms with Crippen LogP contribution in [0.4, 0.5) is 8.78 Å². The summed E-state index contributed by atoms with van der Waals surface area (Å²) < 4.78 is 38.2. The number of piperidine rings is 1. The highest BCUT2D eigenvalue weighted by atomic mass is 19.3. The molecule has 0 aliphatic carbocycles. The Hall–Kier alpha value is -2.59. The fraction of sp³-hybridized carbons (Fsp3) is 0.591. The molecular formula is C22H26F2N2O6. The van der Waals surface area contributed by atoms with Crippen molar-refractivity contribution >= 4 is 18.3 Å². The summed E-state index contributed by atoms with van der Waals surface area (Å²) in [7, 11) is 0. The predicted octanol–water partition coefficient (Wildman–Crippen LogP) is 1.76. The molecule has 1 aromatic rings. The molecule has 1 aromatic carbocycles. The number of nitrogens with zero attached hydrogens (tertiary/aromatic N) is 2. The van der Waals surface area contributed by atoms with Crippen LogP contribution in [0.15, 0.2) is 18.2 Å². The molecule has 10 heteroatoms. The van der Waals surface area contributed by atoms with Gasteiger partial charge in [0.1, 0.15) is 0 Å². The SMILES string of the molecule is O=C(c1cccc2c1COC2)N1C[C@H]2COC[C@@]2(C(=O)N2CCC(F)(F)CC2)C1.O=CO. The second-order valence-corrected chi connectivity index (χ2v) is 8.74. The smallest absolute Gasteiger partial charge is 0.290 e. The molecule has 2 amide bonds. The topological polar surface area (TPSA) is 96.4 Å². The monoisotopic (exact) mass is 452 g/mol. The number of likely N-dealkylation sites (tertiary alicyclic amines) is 2. The van der Waals surface area contributed by atoms with E-state index in [2.05, 4.69) is 0 Å². The van der Waals surface area contributed by atoms with Gasteiger partial charge in [-0.25, -0.2) is 8.78 Å². The molecule has 174 valence electrons. The van der Waals surface area contributed by atoms with Gasteiger partial charge in [-0.2, -0.15) is 0 Å². The summed E-state index contributed by atoms with van der Waals surface area (Å²) in [5.74, 6) is -3.05. The minimum absolute atomic E-state index is 0.0534. The van der Waals surface area contributed by atoms with Gasteiger partial charge in [-0.15, -0.1) is 0 Å². The summed E-state index contributed by atoms with van der Waals surface area (Å²) >= 11 is 0. The predicted molar refractivity (Wildman–Crippen MR) is 107 cm³/mol. The zero-order valence-corrected chi connectivity index (χ0v) is 17.6. The molecular weight excluding hydrogens is 426 g/mol. The molecule has 32 heavy (non-hydrogen) atoms. The Morgan fingerprint density at radius 3 is 2.56 bits per heavy atom. The molecule has 3 saturated heterocycles. The maximum atomic E-state index is 13.5. The molecule has 4 aliphatic heterocycles. The molecule has 0 bridgehead atoms. The minimum Gasteiger partial charge on any atom is -0.483 e. The lowest BCUT2D eigenvalue weighted by Gasteiger charge is -2.37. The first-order chi connectivity index (χ1) is 15.3. The summed E-state index contributed by atoms with van der Waals surface area (Å²) in [5.41, 5.74) is 1.75. The molecule has 2 atom stereocenters. The number of alkyl halides is 2. The number of hydrogen-bond acceptors (Lipinski definition) is 5. The van der Waals surface area contributed by atoms with Crippen LogP contribution >= 0.6 is 0 Å². The van der Waals surface area contributed by atoms with Crippen molar-refractivity contribution in [1.82, 2.24) is 9.80 Å². The summed E-state index contributed by atoms with van der Waals surface area (Å²) in [5, 5.41) is 6.89. The van der Waals surface area contributed by atoms with Gasteiger partial charge >= 0.3 is 0 Å². The fourth-order valence-electron chi connectivity index (χ4n) is 5.12. The molecule has 0 aromatic heterocycles. The number of amides is 2. The number of benzene rings is 1. The van der Waals surface area contributed by atoms with Crippen LogP contribution in [0, 0.1) is 11.3 Å². The average Bonchev–Trinajstić information content (AvgIpc) is 3.47. The third-order valence-electron chi connectivity index (χ3n) is 6.88. The zero-order valence-electron chi connectivity index (χ0n) is 17.6. The van der Waals surface area contributed by atoms with Gasteiger partial charge in [-0.3, -0.25) is 14.4 Å². The van der Waals surface area contributed by atoms with Gasteiger partial charge in [0.15, 0.2) is 0 Å². The average molecular weight is 452 g/mol. The summed E-state index contributed by atoms with van der Waals surface area (Å²) in [6.07, 6.45) is -0.613. The third kappa shape index (κ3) is 3.97. The standard InChI is InChI=1S/C21H24F2N2O4.CH2O2/c22-21(23)4-6-24(7-5-21)19(27)20-12-25(8-15(20)10-29-13-20)18(26)16-3-1-2-14-9-28-11-17(14)16;2-1-3/h1-3,15H,4-13H2;1H,(H,2,3)/t15-,20-;/m0./s1. The second kappa shape index (κ2) is 8.74. The summed E-state index contributed by atoms with van der Waals surface area (Å²) in [6.45, 7) is 2.15. The highest BCUT2D eigenvalue weighted by Gasteiger charge is 2.58. The Labute approximate surface area is 184 Å². The van der Waals surface area contributed by atoms with E-state index < -0.39 is 11.3 Å². The van der Waals surface area contributed by atoms with Gasteiger partial charge in [-0.1, -0.05) is 12.1 Å². The van der Waals surface area contributed by atoms with Crippen LogP contribution in [0.5, 0.6) is 0 Å². The van der Waals surface area contributed by atoms with Gasteiger partial charge < -0.3 is 24.4 Å². The van der Waals surface area contributed by atoms with Crippen molar-refractivity contribution in [3.05, 3.63) is 34.9 Å². The minimum atomic E-state index is -2.70. The number of carbonyl (C=O) groups excluding carboxylic acids is 2. The molecule has 0 unspecified atom stereocenters. The summed E-state index contributed by atoms with van der Waals surface area (Å²) in [4.78, 5) is 38.3. The first-order valence-corrected chi connectivity index (χ1v) is 10.6. The van der Waals surface area contributed by atoms with Crippen molar-refractivity contribution < 1.29 is 37.7 Å². The molecule has 1 N–H and O–H groups in total. The van der Waals surface area contributed by atoms with Crippen LogP contribution in [0.2, 0.25) is 0 Å². The molecule has 3 fully saturated rings. The lowest BCUT2D eigenvalue weighted by atomic mass is 9.79. The number of carbonyl (C=O) groups is 3. The quantitative estimate of drug-likeness (QED) is 0.687. The maximum absolute atomic E-state index is 13.5. The van der Waals surface area contributed by atoms with E-state index in [1.807, 2.05) is 18.2 Å². The van der Waals surface area contributed by atoms with Crippen LogP contribution in [0.3, 0.4) is 0 Å². The molecule has 0 saturated carbocycles. The second-order valence-electron chi connectivity index (χ2n) is 8.74. The van der Waals surface area contributed by atoms with Gasteiger partial charge in [0.25, 0.3) is 18.3 Å². The largest absolute Gasteiger partial charge is 0.483 e. The lowest BCUT2D eigenvalue weighted by Crippen LogP contribution is -2.52. The normalized spacial score (nSPS) is 27.9. The number of ether oxygens (including phenoxy) is 2. The highest BCUT2D eigenvalue weighted by Crippen LogP contribution is 2.44. The van der Waals surface area contributed by atoms with Crippen molar-refractivity contribution in [1.29, 1.82) is 0 Å². The van der Waals surface area contributed by atoms with Gasteiger partial charge in [0.05, 0.1) is 31.8 Å². The Kier molecular flexibility index (Phi) is 6.17. The van der Waals surface area contributed by atoms with Crippen LogP contribution in [0.1, 0.15) is 34.3 Å². The van der Waals surface area contributed by atoms with E-state index in [-0.39, 0.29) is 63.3 Å². The fourth-order valence-corrected chi connectivity index (χ4v) is 5.12. The first-order valence-electron chi connectivity index (χ1n) is 10.6.